The number of ketones is 2. The molecule has 6 heteroatoms. The standard InChI is InChI=1S/C35H52FNO4/c1-11-30(3,4)16-17-32(7,14-13-28(39)41-36)18-19-34(9)23(2)25(38)20-27-33(8)21-24(22-37)29(40)31(5,6)26(33)12-15-35(27,34)10/h20-21,23,26H,11-19H2,1-10H3/t23?,26-,32-,33-,34+,35+/m0/s1. The maximum absolute atomic E-state index is 13.7. The van der Waals surface area contributed by atoms with Crippen LogP contribution in [0.1, 0.15) is 127 Å². The zero-order valence-electron chi connectivity index (χ0n) is 27.1. The molecule has 41 heavy (non-hydrogen) atoms. The van der Waals surface area contributed by atoms with Crippen LogP contribution >= 0.6 is 0 Å². The summed E-state index contributed by atoms with van der Waals surface area (Å²) in [6, 6.07) is 2.16. The monoisotopic (exact) mass is 569 g/mol. The molecule has 5 nitrogen and oxygen atoms in total. The number of nitriles is 1. The topological polar surface area (TPSA) is 84.2 Å². The van der Waals surface area contributed by atoms with Crippen LogP contribution < -0.4 is 0 Å². The lowest BCUT2D eigenvalue weighted by molar-refractivity contribution is -0.184. The highest BCUT2D eigenvalue weighted by Gasteiger charge is 2.64. The van der Waals surface area contributed by atoms with Crippen LogP contribution in [0.5, 0.6) is 0 Å². The van der Waals surface area contributed by atoms with E-state index in [1.807, 2.05) is 32.9 Å². The Balaban J connectivity index is 2.04. The number of allylic oxidation sites excluding steroid dienone is 4. The molecule has 0 radical (unpaired) electrons. The first-order chi connectivity index (χ1) is 18.8. The Kier molecular flexibility index (Phi) is 8.98. The Labute approximate surface area is 247 Å². The smallest absolute Gasteiger partial charge is 0.295 e. The van der Waals surface area contributed by atoms with Gasteiger partial charge in [-0.25, -0.2) is 4.79 Å². The van der Waals surface area contributed by atoms with E-state index in [1.165, 1.54) is 0 Å². The molecule has 3 aliphatic carbocycles. The van der Waals surface area contributed by atoms with Crippen LogP contribution in [0.2, 0.25) is 0 Å². The molecule has 0 N–H and O–H groups in total. The third-order valence-electron chi connectivity index (χ3n) is 12.7. The Morgan fingerprint density at radius 2 is 1.73 bits per heavy atom. The van der Waals surface area contributed by atoms with Crippen LogP contribution in [0.25, 0.3) is 0 Å². The van der Waals surface area contributed by atoms with Gasteiger partial charge in [0.15, 0.2) is 11.6 Å². The van der Waals surface area contributed by atoms with Gasteiger partial charge in [-0.15, -0.1) is 0 Å². The largest absolute Gasteiger partial charge is 0.348 e. The maximum atomic E-state index is 13.7. The average molecular weight is 570 g/mol. The normalized spacial score (nSPS) is 34.4. The van der Waals surface area contributed by atoms with Crippen molar-refractivity contribution in [2.75, 3.05) is 0 Å². The molecular formula is C35H52FNO4. The lowest BCUT2D eigenvalue weighted by Crippen LogP contribution is -2.59. The molecule has 3 rings (SSSR count). The molecule has 0 spiro atoms. The van der Waals surface area contributed by atoms with Gasteiger partial charge >= 0.3 is 5.97 Å². The Hall–Kier alpha value is -2.29. The van der Waals surface area contributed by atoms with Gasteiger partial charge in [0.2, 0.25) is 0 Å². The number of fused-ring (bicyclic) bond motifs is 3. The number of nitrogens with zero attached hydrogens (tertiary/aromatic N) is 1. The van der Waals surface area contributed by atoms with E-state index < -0.39 is 16.8 Å². The number of hydrogen-bond donors (Lipinski definition) is 0. The van der Waals surface area contributed by atoms with E-state index in [0.29, 0.717) is 6.42 Å². The van der Waals surface area contributed by atoms with Crippen LogP contribution in [0, 0.1) is 55.7 Å². The highest BCUT2D eigenvalue weighted by molar-refractivity contribution is 6.04. The molecule has 0 bridgehead atoms. The minimum Gasteiger partial charge on any atom is -0.295 e. The summed E-state index contributed by atoms with van der Waals surface area (Å²) in [6.07, 6.45) is 10.4. The molecular weight excluding hydrogens is 517 g/mol. The van der Waals surface area contributed by atoms with E-state index in [0.717, 1.165) is 50.5 Å². The molecule has 0 heterocycles. The van der Waals surface area contributed by atoms with E-state index in [9.17, 15) is 24.2 Å². The van der Waals surface area contributed by atoms with Crippen LogP contribution in [-0.4, -0.2) is 17.5 Å². The zero-order chi connectivity index (χ0) is 31.2. The highest BCUT2D eigenvalue weighted by Crippen LogP contribution is 2.70. The van der Waals surface area contributed by atoms with E-state index in [-0.39, 0.29) is 57.1 Å². The SMILES string of the molecule is CCC(C)(C)CC[C@](C)(CCC(=O)OF)CC[C@]1(C)C(C)C(=O)C=C2[C@@]3(C)C=C(C#N)C(=O)C(C)(C)[C@@H]3CC[C@]21C. The fourth-order valence-electron chi connectivity index (χ4n) is 8.55. The number of halogens is 1. The third kappa shape index (κ3) is 5.59. The van der Waals surface area contributed by atoms with Gasteiger partial charge in [0.05, 0.1) is 5.57 Å². The average Bonchev–Trinajstić information content (AvgIpc) is 2.92. The molecule has 1 saturated carbocycles. The quantitative estimate of drug-likeness (QED) is 0.262. The molecule has 1 unspecified atom stereocenters. The van der Waals surface area contributed by atoms with Gasteiger partial charge in [0.1, 0.15) is 6.07 Å². The summed E-state index contributed by atoms with van der Waals surface area (Å²) in [6.45, 7) is 21.5. The van der Waals surface area contributed by atoms with Crippen molar-refractivity contribution in [1.82, 2.24) is 0 Å². The van der Waals surface area contributed by atoms with Gasteiger partial charge in [-0.2, -0.15) is 5.26 Å². The second kappa shape index (κ2) is 11.1. The Bertz CT molecular complexity index is 1190. The molecule has 228 valence electrons. The summed E-state index contributed by atoms with van der Waals surface area (Å²) in [7, 11) is 0. The lowest BCUT2D eigenvalue weighted by Gasteiger charge is -2.64. The Morgan fingerprint density at radius 1 is 1.10 bits per heavy atom. The summed E-state index contributed by atoms with van der Waals surface area (Å²) >= 11 is 0. The molecule has 0 aromatic heterocycles. The lowest BCUT2D eigenvalue weighted by atomic mass is 9.39. The van der Waals surface area contributed by atoms with E-state index >= 15 is 0 Å². The molecule has 0 saturated heterocycles. The first-order valence-electron chi connectivity index (χ1n) is 15.5. The molecule has 0 aromatic carbocycles. The van der Waals surface area contributed by atoms with E-state index in [2.05, 4.69) is 59.5 Å². The minimum absolute atomic E-state index is 0.00219. The fourth-order valence-corrected chi connectivity index (χ4v) is 8.55. The molecule has 6 atom stereocenters. The first kappa shape index (κ1) is 33.2. The summed E-state index contributed by atoms with van der Waals surface area (Å²) in [4.78, 5) is 42.3. The molecule has 3 aliphatic rings. The predicted octanol–water partition coefficient (Wildman–Crippen LogP) is 8.83. The van der Waals surface area contributed by atoms with Crippen molar-refractivity contribution in [3.05, 3.63) is 23.3 Å². The maximum Gasteiger partial charge on any atom is 0.348 e. The van der Waals surface area contributed by atoms with Crippen molar-refractivity contribution in [2.24, 2.45) is 44.3 Å². The van der Waals surface area contributed by atoms with Crippen molar-refractivity contribution < 1.29 is 23.9 Å². The van der Waals surface area contributed by atoms with Gasteiger partial charge < -0.3 is 0 Å². The van der Waals surface area contributed by atoms with Crippen molar-refractivity contribution >= 4 is 17.5 Å². The summed E-state index contributed by atoms with van der Waals surface area (Å²) < 4.78 is 12.6. The molecule has 0 amide bonds. The van der Waals surface area contributed by atoms with Gasteiger partial charge in [-0.05, 0) is 78.6 Å². The second-order valence-corrected chi connectivity index (χ2v) is 15.8. The van der Waals surface area contributed by atoms with Gasteiger partial charge in [0, 0.05) is 27.7 Å². The number of hydrogen-bond acceptors (Lipinski definition) is 5. The minimum atomic E-state index is -0.837. The summed E-state index contributed by atoms with van der Waals surface area (Å²) in [5.41, 5.74) is -0.798. The number of carbonyl (C=O) groups is 3. The predicted molar refractivity (Wildman–Crippen MR) is 159 cm³/mol. The van der Waals surface area contributed by atoms with Crippen molar-refractivity contribution in [2.45, 2.75) is 127 Å². The van der Waals surface area contributed by atoms with E-state index in [1.54, 1.807) is 0 Å². The van der Waals surface area contributed by atoms with Crippen LogP contribution in [-0.2, 0) is 19.3 Å². The van der Waals surface area contributed by atoms with Crippen molar-refractivity contribution in [3.8, 4) is 6.07 Å². The third-order valence-corrected chi connectivity index (χ3v) is 12.7. The molecule has 1 fully saturated rings. The summed E-state index contributed by atoms with van der Waals surface area (Å²) in [5.74, 6) is -1.06. The van der Waals surface area contributed by atoms with Crippen LogP contribution in [0.15, 0.2) is 23.3 Å². The van der Waals surface area contributed by atoms with Gasteiger partial charge in [-0.3, -0.25) is 14.5 Å². The highest BCUT2D eigenvalue weighted by atomic mass is 19.3. The number of rotatable bonds is 10. The number of carbonyl (C=O) groups excluding carboxylic acids is 3. The molecule has 0 aromatic rings. The van der Waals surface area contributed by atoms with Crippen LogP contribution in [0.4, 0.5) is 4.53 Å². The van der Waals surface area contributed by atoms with Gasteiger partial charge in [-0.1, -0.05) is 87.3 Å². The van der Waals surface area contributed by atoms with Crippen molar-refractivity contribution in [3.63, 3.8) is 0 Å². The Morgan fingerprint density at radius 3 is 2.29 bits per heavy atom. The number of Topliss-reactive ketones (excluding diaryl/α,β-unsaturated/α-hetero) is 1. The molecule has 0 aliphatic heterocycles. The van der Waals surface area contributed by atoms with E-state index in [4.69, 9.17) is 0 Å². The van der Waals surface area contributed by atoms with Gasteiger partial charge in [0.25, 0.3) is 0 Å². The fraction of sp³-hybridized carbons (Fsp3) is 0.771. The zero-order valence-corrected chi connectivity index (χ0v) is 27.1. The second-order valence-electron chi connectivity index (χ2n) is 15.8. The van der Waals surface area contributed by atoms with Crippen LogP contribution in [0.3, 0.4) is 0 Å². The first-order valence-corrected chi connectivity index (χ1v) is 15.5. The van der Waals surface area contributed by atoms with Crippen molar-refractivity contribution in [1.29, 1.82) is 5.26 Å². The summed E-state index contributed by atoms with van der Waals surface area (Å²) in [5, 5.41) is 9.88.